The first-order valence-electron chi connectivity index (χ1n) is 9.28. The van der Waals surface area contributed by atoms with Crippen LogP contribution in [0, 0.1) is 11.3 Å². The monoisotopic (exact) mass is 395 g/mol. The molecule has 1 amide bonds. The van der Waals surface area contributed by atoms with Crippen molar-refractivity contribution < 1.29 is 14.3 Å². The molecule has 0 spiro atoms. The van der Waals surface area contributed by atoms with Crippen LogP contribution in [0.2, 0.25) is 0 Å². The summed E-state index contributed by atoms with van der Waals surface area (Å²) in [6, 6.07) is 21.8. The zero-order valence-electron chi connectivity index (χ0n) is 16.2. The Morgan fingerprint density at radius 2 is 1.80 bits per heavy atom. The lowest BCUT2D eigenvalue weighted by atomic mass is 10.0. The number of amides is 1. The highest BCUT2D eigenvalue weighted by molar-refractivity contribution is 6.17. The quantitative estimate of drug-likeness (QED) is 0.662. The summed E-state index contributed by atoms with van der Waals surface area (Å²) in [6.45, 7) is 0. The molecule has 0 saturated carbocycles. The minimum atomic E-state index is -0.391. The topological polar surface area (TPSA) is 91.5 Å². The number of fused-ring (bicyclic) bond motifs is 1. The summed E-state index contributed by atoms with van der Waals surface area (Å²) in [4.78, 5) is 28.8. The maximum absolute atomic E-state index is 12.5. The number of hydrogen-bond acceptors (Lipinski definition) is 5. The first-order valence-corrected chi connectivity index (χ1v) is 9.28. The molecule has 0 aromatic heterocycles. The highest BCUT2D eigenvalue weighted by atomic mass is 16.5. The number of anilines is 1. The molecule has 0 radical (unpaired) electrons. The summed E-state index contributed by atoms with van der Waals surface area (Å²) < 4.78 is 4.72. The Balaban J connectivity index is 1.70. The van der Waals surface area contributed by atoms with Crippen molar-refractivity contribution in [2.24, 2.45) is 4.99 Å². The molecule has 30 heavy (non-hydrogen) atoms. The molecule has 0 atom stereocenters. The second-order valence-corrected chi connectivity index (χ2v) is 6.78. The molecule has 6 heteroatoms. The number of aliphatic imine (C=N–C) groups is 1. The molecule has 0 unspecified atom stereocenters. The van der Waals surface area contributed by atoms with Gasteiger partial charge in [0.1, 0.15) is 0 Å². The van der Waals surface area contributed by atoms with E-state index in [9.17, 15) is 9.59 Å². The number of benzene rings is 3. The van der Waals surface area contributed by atoms with Gasteiger partial charge in [0.25, 0.3) is 0 Å². The Kier molecular flexibility index (Phi) is 5.10. The summed E-state index contributed by atoms with van der Waals surface area (Å²) in [5, 5.41) is 12.0. The third-order valence-corrected chi connectivity index (χ3v) is 4.82. The molecule has 0 fully saturated rings. The van der Waals surface area contributed by atoms with E-state index in [2.05, 4.69) is 16.4 Å². The molecular formula is C24H17N3O3. The van der Waals surface area contributed by atoms with Crippen molar-refractivity contribution in [2.75, 3.05) is 12.4 Å². The predicted molar refractivity (Wildman–Crippen MR) is 114 cm³/mol. The van der Waals surface area contributed by atoms with Crippen molar-refractivity contribution in [3.8, 4) is 17.2 Å². The van der Waals surface area contributed by atoms with Gasteiger partial charge in [-0.2, -0.15) is 5.26 Å². The first-order chi connectivity index (χ1) is 14.6. The van der Waals surface area contributed by atoms with E-state index in [0.29, 0.717) is 28.2 Å². The van der Waals surface area contributed by atoms with E-state index < -0.39 is 5.97 Å². The standard InChI is InChI=1S/C24H17N3O3/c1-30-24(29)17-7-5-16(6-8-17)18-9-10-20-22(12-18)27-23(28)13-21(26-20)19-4-2-3-15(11-19)14-25/h2-12H,13H2,1H3,(H,27,28). The summed E-state index contributed by atoms with van der Waals surface area (Å²) in [7, 11) is 1.34. The third kappa shape index (κ3) is 3.82. The van der Waals surface area contributed by atoms with Gasteiger partial charge in [-0.15, -0.1) is 0 Å². The zero-order valence-corrected chi connectivity index (χ0v) is 16.2. The van der Waals surface area contributed by atoms with Crippen LogP contribution in [-0.2, 0) is 9.53 Å². The van der Waals surface area contributed by atoms with Gasteiger partial charge in [0.2, 0.25) is 5.91 Å². The largest absolute Gasteiger partial charge is 0.465 e. The number of nitrogens with zero attached hydrogens (tertiary/aromatic N) is 2. The van der Waals surface area contributed by atoms with Crippen LogP contribution in [0.5, 0.6) is 0 Å². The smallest absolute Gasteiger partial charge is 0.337 e. The second kappa shape index (κ2) is 8.02. The Hall–Kier alpha value is -4.24. The molecule has 0 bridgehead atoms. The van der Waals surface area contributed by atoms with Gasteiger partial charge in [-0.1, -0.05) is 30.3 Å². The van der Waals surface area contributed by atoms with Gasteiger partial charge >= 0.3 is 5.97 Å². The molecule has 0 aliphatic carbocycles. The number of nitriles is 1. The number of hydrogen-bond donors (Lipinski definition) is 1. The average molecular weight is 395 g/mol. The van der Waals surface area contributed by atoms with Crippen LogP contribution >= 0.6 is 0 Å². The lowest BCUT2D eigenvalue weighted by Crippen LogP contribution is -2.15. The molecule has 3 aromatic rings. The molecule has 1 N–H and O–H groups in total. The van der Waals surface area contributed by atoms with Crippen LogP contribution in [0.25, 0.3) is 11.1 Å². The predicted octanol–water partition coefficient (Wildman–Crippen LogP) is 4.47. The maximum atomic E-state index is 12.5. The lowest BCUT2D eigenvalue weighted by molar-refractivity contribution is -0.115. The van der Waals surface area contributed by atoms with Gasteiger partial charge < -0.3 is 10.1 Å². The number of methoxy groups -OCH3 is 1. The van der Waals surface area contributed by atoms with Crippen molar-refractivity contribution in [3.63, 3.8) is 0 Å². The van der Waals surface area contributed by atoms with E-state index >= 15 is 0 Å². The number of carbonyl (C=O) groups excluding carboxylic acids is 2. The van der Waals surface area contributed by atoms with Gasteiger partial charge in [-0.3, -0.25) is 9.79 Å². The van der Waals surface area contributed by atoms with Crippen molar-refractivity contribution in [1.82, 2.24) is 0 Å². The van der Waals surface area contributed by atoms with Crippen LogP contribution in [0.3, 0.4) is 0 Å². The van der Waals surface area contributed by atoms with Gasteiger partial charge in [-0.05, 0) is 53.1 Å². The van der Waals surface area contributed by atoms with Crippen molar-refractivity contribution >= 4 is 29.0 Å². The molecular weight excluding hydrogens is 378 g/mol. The molecule has 1 aliphatic rings. The number of ether oxygens (including phenoxy) is 1. The van der Waals surface area contributed by atoms with Gasteiger partial charge in [0, 0.05) is 0 Å². The molecule has 6 nitrogen and oxygen atoms in total. The fourth-order valence-corrected chi connectivity index (χ4v) is 3.30. The van der Waals surface area contributed by atoms with Crippen molar-refractivity contribution in [1.29, 1.82) is 5.26 Å². The SMILES string of the molecule is COC(=O)c1ccc(-c2ccc3c(c2)NC(=O)CC(c2cccc(C#N)c2)=N3)cc1. The highest BCUT2D eigenvalue weighted by Crippen LogP contribution is 2.33. The van der Waals surface area contributed by atoms with E-state index in [1.54, 1.807) is 30.3 Å². The summed E-state index contributed by atoms with van der Waals surface area (Å²) in [6.07, 6.45) is 0.118. The van der Waals surface area contributed by atoms with Crippen LogP contribution in [0.1, 0.15) is 27.9 Å². The Labute approximate surface area is 173 Å². The minimum Gasteiger partial charge on any atom is -0.465 e. The Morgan fingerprint density at radius 1 is 1.03 bits per heavy atom. The van der Waals surface area contributed by atoms with Crippen LogP contribution in [-0.4, -0.2) is 24.7 Å². The number of nitrogens with one attached hydrogen (secondary N) is 1. The fourth-order valence-electron chi connectivity index (χ4n) is 3.30. The molecule has 0 saturated heterocycles. The van der Waals surface area contributed by atoms with Crippen LogP contribution in [0.15, 0.2) is 71.7 Å². The summed E-state index contributed by atoms with van der Waals surface area (Å²) >= 11 is 0. The van der Waals surface area contributed by atoms with Gasteiger partial charge in [-0.25, -0.2) is 4.79 Å². The van der Waals surface area contributed by atoms with Crippen LogP contribution in [0.4, 0.5) is 11.4 Å². The third-order valence-electron chi connectivity index (χ3n) is 4.82. The average Bonchev–Trinajstić information content (AvgIpc) is 2.96. The van der Waals surface area contributed by atoms with E-state index in [-0.39, 0.29) is 12.3 Å². The van der Waals surface area contributed by atoms with Gasteiger partial charge in [0.05, 0.1) is 47.8 Å². The number of rotatable bonds is 3. The maximum Gasteiger partial charge on any atom is 0.337 e. The molecule has 1 aliphatic heterocycles. The highest BCUT2D eigenvalue weighted by Gasteiger charge is 2.18. The van der Waals surface area contributed by atoms with Crippen molar-refractivity contribution in [3.05, 3.63) is 83.4 Å². The second-order valence-electron chi connectivity index (χ2n) is 6.78. The van der Waals surface area contributed by atoms with Gasteiger partial charge in [0.15, 0.2) is 0 Å². The number of esters is 1. The Bertz CT molecular complexity index is 1220. The Morgan fingerprint density at radius 3 is 2.53 bits per heavy atom. The molecule has 4 rings (SSSR count). The summed E-state index contributed by atoms with van der Waals surface area (Å²) in [5.74, 6) is -0.564. The minimum absolute atomic E-state index is 0.118. The van der Waals surface area contributed by atoms with E-state index in [4.69, 9.17) is 10.00 Å². The normalized spacial score (nSPS) is 12.7. The van der Waals surface area contributed by atoms with E-state index in [1.165, 1.54) is 7.11 Å². The summed E-state index contributed by atoms with van der Waals surface area (Å²) in [5.41, 5.74) is 5.39. The zero-order chi connectivity index (χ0) is 21.1. The van der Waals surface area contributed by atoms with E-state index in [1.807, 2.05) is 36.4 Å². The molecule has 3 aromatic carbocycles. The lowest BCUT2D eigenvalue weighted by Gasteiger charge is -2.09. The molecule has 1 heterocycles. The first kappa shape index (κ1) is 19.1. The fraction of sp³-hybridized carbons (Fsp3) is 0.0833. The van der Waals surface area contributed by atoms with E-state index in [0.717, 1.165) is 16.7 Å². The number of carbonyl (C=O) groups is 2. The molecule has 146 valence electrons. The van der Waals surface area contributed by atoms with Crippen molar-refractivity contribution in [2.45, 2.75) is 6.42 Å². The van der Waals surface area contributed by atoms with Crippen LogP contribution < -0.4 is 5.32 Å².